The summed E-state index contributed by atoms with van der Waals surface area (Å²) in [6, 6.07) is 10.7. The van der Waals surface area contributed by atoms with Crippen LogP contribution in [0.3, 0.4) is 0 Å². The van der Waals surface area contributed by atoms with Crippen LogP contribution in [0.1, 0.15) is 5.56 Å². The van der Waals surface area contributed by atoms with Crippen molar-refractivity contribution in [3.8, 4) is 0 Å². The van der Waals surface area contributed by atoms with Crippen molar-refractivity contribution in [2.45, 2.75) is 6.18 Å². The van der Waals surface area contributed by atoms with Crippen molar-refractivity contribution in [1.29, 1.82) is 0 Å². The van der Waals surface area contributed by atoms with Crippen LogP contribution in [0.25, 0.3) is 10.8 Å². The number of hydrogen-bond acceptors (Lipinski definition) is 4. The van der Waals surface area contributed by atoms with E-state index in [4.69, 9.17) is 0 Å². The van der Waals surface area contributed by atoms with E-state index in [9.17, 15) is 21.6 Å². The van der Waals surface area contributed by atoms with Crippen LogP contribution in [0, 0.1) is 0 Å². The molecule has 0 unspecified atom stereocenters. The molecule has 0 amide bonds. The van der Waals surface area contributed by atoms with Crippen LogP contribution in [0.2, 0.25) is 0 Å². The van der Waals surface area contributed by atoms with Crippen LogP contribution >= 0.6 is 0 Å². The molecule has 0 N–H and O–H groups in total. The quantitative estimate of drug-likeness (QED) is 0.646. The number of fused-ring (bicyclic) bond motifs is 1. The van der Waals surface area contributed by atoms with Gasteiger partial charge in [-0.3, -0.25) is 4.28 Å². The molecule has 0 bridgehead atoms. The topological polar surface area (TPSA) is 55.7 Å². The summed E-state index contributed by atoms with van der Waals surface area (Å²) in [6.45, 7) is 0. The molecule has 0 aromatic heterocycles. The molecule has 2 aromatic rings. The minimum Gasteiger partial charge on any atom is -0.268 e. The zero-order valence-corrected chi connectivity index (χ0v) is 11.6. The Balaban J connectivity index is 2.65. The molecule has 0 heterocycles. The van der Waals surface area contributed by atoms with Crippen LogP contribution < -0.4 is 0 Å². The Bertz CT molecular complexity index is 792. The molecule has 21 heavy (non-hydrogen) atoms. The molecule has 2 aromatic carbocycles. The molecule has 8 heteroatoms. The molecule has 0 fully saturated rings. The van der Waals surface area contributed by atoms with Crippen molar-refractivity contribution in [2.24, 2.45) is 5.16 Å². The van der Waals surface area contributed by atoms with Crippen molar-refractivity contribution >= 4 is 26.6 Å². The molecular weight excluding hydrogens is 307 g/mol. The fraction of sp³-hybridized carbons (Fsp3) is 0.154. The van der Waals surface area contributed by atoms with Gasteiger partial charge >= 0.3 is 16.3 Å². The molecule has 0 radical (unpaired) electrons. The van der Waals surface area contributed by atoms with E-state index in [0.717, 1.165) is 0 Å². The molecule has 4 nitrogen and oxygen atoms in total. The Morgan fingerprint density at radius 2 is 1.71 bits per heavy atom. The first-order chi connectivity index (χ1) is 9.68. The van der Waals surface area contributed by atoms with Gasteiger partial charge in [-0.15, -0.1) is 0 Å². The normalized spacial score (nSPS) is 13.4. The second-order valence-electron chi connectivity index (χ2n) is 4.24. The van der Waals surface area contributed by atoms with E-state index in [0.29, 0.717) is 17.0 Å². The molecular formula is C13H10F3NO3S. The second-order valence-corrected chi connectivity index (χ2v) is 5.80. The number of alkyl halides is 3. The maximum absolute atomic E-state index is 13.1. The van der Waals surface area contributed by atoms with Crippen molar-refractivity contribution < 1.29 is 25.9 Å². The summed E-state index contributed by atoms with van der Waals surface area (Å²) in [7, 11) is -4.13. The van der Waals surface area contributed by atoms with E-state index in [1.165, 1.54) is 18.2 Å². The number of hydrogen-bond donors (Lipinski definition) is 0. The van der Waals surface area contributed by atoms with Gasteiger partial charge in [-0.1, -0.05) is 47.6 Å². The Labute approximate surface area is 119 Å². The van der Waals surface area contributed by atoms with E-state index in [-0.39, 0.29) is 5.56 Å². The van der Waals surface area contributed by atoms with Crippen molar-refractivity contribution in [1.82, 2.24) is 0 Å². The highest BCUT2D eigenvalue weighted by Crippen LogP contribution is 2.28. The number of benzene rings is 2. The fourth-order valence-electron chi connectivity index (χ4n) is 1.79. The Morgan fingerprint density at radius 3 is 2.33 bits per heavy atom. The van der Waals surface area contributed by atoms with Crippen LogP contribution in [0.5, 0.6) is 0 Å². The number of oxime groups is 1. The molecule has 2 rings (SSSR count). The minimum absolute atomic E-state index is 0.246. The first kappa shape index (κ1) is 15.3. The molecule has 0 saturated carbocycles. The maximum Gasteiger partial charge on any atom is 0.437 e. The van der Waals surface area contributed by atoms with Gasteiger partial charge in [0.15, 0.2) is 5.71 Å². The lowest BCUT2D eigenvalue weighted by molar-refractivity contribution is -0.0596. The smallest absolute Gasteiger partial charge is 0.268 e. The SMILES string of the molecule is CS(=O)(=O)O/N=C(/c1cccc2ccccc12)C(F)(F)F. The predicted molar refractivity (Wildman–Crippen MR) is 72.5 cm³/mol. The van der Waals surface area contributed by atoms with Gasteiger partial charge in [-0.25, -0.2) is 0 Å². The van der Waals surface area contributed by atoms with Crippen LogP contribution in [-0.2, 0) is 14.4 Å². The van der Waals surface area contributed by atoms with Gasteiger partial charge in [0.2, 0.25) is 0 Å². The molecule has 112 valence electrons. The molecule has 0 aliphatic heterocycles. The molecule has 0 aliphatic rings. The third-order valence-corrected chi connectivity index (χ3v) is 2.92. The van der Waals surface area contributed by atoms with Gasteiger partial charge in [0, 0.05) is 5.56 Å². The largest absolute Gasteiger partial charge is 0.437 e. The summed E-state index contributed by atoms with van der Waals surface area (Å²) in [5.74, 6) is 0. The van der Waals surface area contributed by atoms with Gasteiger partial charge < -0.3 is 0 Å². The van der Waals surface area contributed by atoms with Crippen LogP contribution in [-0.4, -0.2) is 26.6 Å². The molecule has 0 saturated heterocycles. The van der Waals surface area contributed by atoms with E-state index in [2.05, 4.69) is 9.44 Å². The van der Waals surface area contributed by atoms with E-state index in [1.807, 2.05) is 0 Å². The van der Waals surface area contributed by atoms with Gasteiger partial charge in [-0.2, -0.15) is 21.6 Å². The lowest BCUT2D eigenvalue weighted by atomic mass is 10.0. The van der Waals surface area contributed by atoms with Gasteiger partial charge in [0.05, 0.1) is 6.26 Å². The third-order valence-electron chi connectivity index (χ3n) is 2.58. The van der Waals surface area contributed by atoms with Gasteiger partial charge in [0.25, 0.3) is 0 Å². The molecule has 0 spiro atoms. The summed E-state index contributed by atoms with van der Waals surface area (Å²) >= 11 is 0. The highest BCUT2D eigenvalue weighted by molar-refractivity contribution is 7.85. The third kappa shape index (κ3) is 3.72. The molecule has 0 aliphatic carbocycles. The standard InChI is InChI=1S/C13H10F3NO3S/c1-21(18,19)20-17-12(13(14,15)16)11-8-4-6-9-5-2-3-7-10(9)11/h2-8H,1H3/b17-12-. The lowest BCUT2D eigenvalue weighted by Gasteiger charge is -2.12. The Hall–Kier alpha value is -2.09. The van der Waals surface area contributed by atoms with Crippen LogP contribution in [0.15, 0.2) is 47.6 Å². The summed E-state index contributed by atoms with van der Waals surface area (Å²) < 4.78 is 65.0. The summed E-state index contributed by atoms with van der Waals surface area (Å²) in [6.07, 6.45) is -4.23. The van der Waals surface area contributed by atoms with E-state index in [1.54, 1.807) is 24.3 Å². The average Bonchev–Trinajstić information content (AvgIpc) is 2.36. The first-order valence-electron chi connectivity index (χ1n) is 5.70. The fourth-order valence-corrected chi connectivity index (χ4v) is 2.00. The van der Waals surface area contributed by atoms with Crippen LogP contribution in [0.4, 0.5) is 13.2 Å². The highest BCUT2D eigenvalue weighted by atomic mass is 32.2. The molecule has 0 atom stereocenters. The lowest BCUT2D eigenvalue weighted by Crippen LogP contribution is -2.25. The second kappa shape index (κ2) is 5.36. The first-order valence-corrected chi connectivity index (χ1v) is 7.52. The highest BCUT2D eigenvalue weighted by Gasteiger charge is 2.39. The summed E-state index contributed by atoms with van der Waals surface area (Å²) in [5, 5.41) is 3.66. The van der Waals surface area contributed by atoms with Crippen molar-refractivity contribution in [3.63, 3.8) is 0 Å². The van der Waals surface area contributed by atoms with Crippen molar-refractivity contribution in [2.75, 3.05) is 6.26 Å². The maximum atomic E-state index is 13.1. The predicted octanol–water partition coefficient (Wildman–Crippen LogP) is 3.08. The van der Waals surface area contributed by atoms with Crippen molar-refractivity contribution in [3.05, 3.63) is 48.0 Å². The Morgan fingerprint density at radius 1 is 1.10 bits per heavy atom. The number of rotatable bonds is 3. The van der Waals surface area contributed by atoms with E-state index < -0.39 is 22.0 Å². The zero-order valence-electron chi connectivity index (χ0n) is 10.8. The summed E-state index contributed by atoms with van der Waals surface area (Å²) in [5.41, 5.74) is -1.64. The monoisotopic (exact) mass is 317 g/mol. The summed E-state index contributed by atoms with van der Waals surface area (Å²) in [4.78, 5) is 0. The minimum atomic E-state index is -4.85. The zero-order chi connectivity index (χ0) is 15.7. The average molecular weight is 317 g/mol. The van der Waals surface area contributed by atoms with E-state index >= 15 is 0 Å². The Kier molecular flexibility index (Phi) is 3.91. The number of nitrogens with zero attached hydrogens (tertiary/aromatic N) is 1. The number of halogens is 3. The van der Waals surface area contributed by atoms with Gasteiger partial charge in [0.1, 0.15) is 0 Å². The van der Waals surface area contributed by atoms with Gasteiger partial charge in [-0.05, 0) is 10.8 Å².